The molecule has 0 spiro atoms. The number of benzene rings is 3. The average molecular weight is 506 g/mol. The van der Waals surface area contributed by atoms with Crippen molar-refractivity contribution in [1.82, 2.24) is 19.7 Å². The van der Waals surface area contributed by atoms with Gasteiger partial charge in [-0.25, -0.2) is 4.98 Å². The van der Waals surface area contributed by atoms with Crippen molar-refractivity contribution >= 4 is 34.3 Å². The fraction of sp³-hybridized carbons (Fsp3) is 0.133. The molecule has 7 heteroatoms. The molecule has 0 unspecified atom stereocenters. The van der Waals surface area contributed by atoms with Gasteiger partial charge in [0.2, 0.25) is 5.91 Å². The predicted molar refractivity (Wildman–Crippen MR) is 152 cm³/mol. The standard InChI is InChI=1S/C30H27N5OS/c1-4-17-35-29(33-34-30(35)37-19-27(36)32-28-20(2)11-10-12-21(28)3)24-18-26(22-13-6-5-7-14-22)31-25-16-9-8-15-23(24)25/h4-16,18H,1,17,19H2,2-3H3,(H,32,36). The Morgan fingerprint density at radius 3 is 2.46 bits per heavy atom. The summed E-state index contributed by atoms with van der Waals surface area (Å²) in [5.41, 5.74) is 6.65. The Labute approximate surface area is 220 Å². The third-order valence-corrected chi connectivity index (χ3v) is 7.10. The van der Waals surface area contributed by atoms with Gasteiger partial charge in [0.1, 0.15) is 0 Å². The third kappa shape index (κ3) is 5.17. The molecule has 5 rings (SSSR count). The fourth-order valence-electron chi connectivity index (χ4n) is 4.32. The Balaban J connectivity index is 1.48. The molecule has 6 nitrogen and oxygen atoms in total. The van der Waals surface area contributed by atoms with Gasteiger partial charge in [0.05, 0.1) is 17.0 Å². The number of allylic oxidation sites excluding steroid dienone is 1. The number of pyridine rings is 1. The summed E-state index contributed by atoms with van der Waals surface area (Å²) in [6, 6.07) is 26.2. The first-order valence-electron chi connectivity index (χ1n) is 12.0. The highest BCUT2D eigenvalue weighted by molar-refractivity contribution is 7.99. The molecular formula is C30H27N5OS. The molecule has 3 aromatic carbocycles. The summed E-state index contributed by atoms with van der Waals surface area (Å²) in [7, 11) is 0. The number of aromatic nitrogens is 4. The summed E-state index contributed by atoms with van der Waals surface area (Å²) in [4.78, 5) is 17.7. The number of para-hydroxylation sites is 2. The number of hydrogen-bond acceptors (Lipinski definition) is 5. The lowest BCUT2D eigenvalue weighted by atomic mass is 10.0. The molecule has 1 N–H and O–H groups in total. The van der Waals surface area contributed by atoms with Crippen molar-refractivity contribution in [2.75, 3.05) is 11.1 Å². The van der Waals surface area contributed by atoms with E-state index in [1.807, 2.05) is 97.3 Å². The average Bonchev–Trinajstić information content (AvgIpc) is 3.32. The van der Waals surface area contributed by atoms with E-state index in [0.717, 1.165) is 44.5 Å². The second kappa shape index (κ2) is 10.8. The minimum absolute atomic E-state index is 0.0853. The van der Waals surface area contributed by atoms with Gasteiger partial charge < -0.3 is 5.32 Å². The van der Waals surface area contributed by atoms with Gasteiger partial charge in [-0.1, -0.05) is 84.6 Å². The summed E-state index contributed by atoms with van der Waals surface area (Å²) in [6.45, 7) is 8.43. The van der Waals surface area contributed by atoms with Gasteiger partial charge in [-0.15, -0.1) is 16.8 Å². The molecule has 5 aromatic rings. The van der Waals surface area contributed by atoms with E-state index in [-0.39, 0.29) is 11.7 Å². The van der Waals surface area contributed by atoms with Crippen LogP contribution in [0.5, 0.6) is 0 Å². The van der Waals surface area contributed by atoms with Crippen LogP contribution in [0.25, 0.3) is 33.5 Å². The molecule has 184 valence electrons. The first kappa shape index (κ1) is 24.5. The van der Waals surface area contributed by atoms with Crippen molar-refractivity contribution in [3.63, 3.8) is 0 Å². The molecule has 0 bridgehead atoms. The lowest BCUT2D eigenvalue weighted by Crippen LogP contribution is -2.16. The number of hydrogen-bond donors (Lipinski definition) is 1. The summed E-state index contributed by atoms with van der Waals surface area (Å²) in [6.07, 6.45) is 1.81. The molecule has 2 heterocycles. The molecule has 0 fully saturated rings. The number of carbonyl (C=O) groups excluding carboxylic acids is 1. The second-order valence-electron chi connectivity index (χ2n) is 8.75. The fourth-order valence-corrected chi connectivity index (χ4v) is 5.07. The van der Waals surface area contributed by atoms with Gasteiger partial charge in [0, 0.05) is 28.7 Å². The van der Waals surface area contributed by atoms with Gasteiger partial charge >= 0.3 is 0 Å². The Hall–Kier alpha value is -4.23. The summed E-state index contributed by atoms with van der Waals surface area (Å²) >= 11 is 1.36. The first-order valence-corrected chi connectivity index (χ1v) is 13.0. The van der Waals surface area contributed by atoms with E-state index in [1.165, 1.54) is 11.8 Å². The predicted octanol–water partition coefficient (Wildman–Crippen LogP) is 6.69. The molecule has 2 aromatic heterocycles. The lowest BCUT2D eigenvalue weighted by Gasteiger charge is -2.13. The monoisotopic (exact) mass is 505 g/mol. The van der Waals surface area contributed by atoms with E-state index in [2.05, 4.69) is 28.2 Å². The molecule has 0 saturated carbocycles. The van der Waals surface area contributed by atoms with Crippen LogP contribution in [0.15, 0.2) is 96.7 Å². The topological polar surface area (TPSA) is 72.7 Å². The number of anilines is 1. The van der Waals surface area contributed by atoms with Crippen molar-refractivity contribution in [3.05, 3.63) is 103 Å². The van der Waals surface area contributed by atoms with Gasteiger partial charge in [0.15, 0.2) is 11.0 Å². The van der Waals surface area contributed by atoms with Crippen LogP contribution in [-0.2, 0) is 11.3 Å². The minimum atomic E-state index is -0.0853. The maximum atomic E-state index is 12.8. The number of thioether (sulfide) groups is 1. The molecule has 0 aliphatic heterocycles. The van der Waals surface area contributed by atoms with E-state index in [1.54, 1.807) is 0 Å². The molecule has 0 atom stereocenters. The van der Waals surface area contributed by atoms with Crippen LogP contribution in [0.4, 0.5) is 5.69 Å². The minimum Gasteiger partial charge on any atom is -0.325 e. The van der Waals surface area contributed by atoms with Crippen LogP contribution in [0.2, 0.25) is 0 Å². The number of nitrogens with zero attached hydrogens (tertiary/aromatic N) is 4. The smallest absolute Gasteiger partial charge is 0.234 e. The zero-order valence-corrected chi connectivity index (χ0v) is 21.6. The van der Waals surface area contributed by atoms with E-state index >= 15 is 0 Å². The molecular weight excluding hydrogens is 478 g/mol. The quantitative estimate of drug-likeness (QED) is 0.188. The van der Waals surface area contributed by atoms with Crippen LogP contribution < -0.4 is 5.32 Å². The number of aryl methyl sites for hydroxylation is 2. The normalized spacial score (nSPS) is 11.0. The molecule has 0 aliphatic carbocycles. The van der Waals surface area contributed by atoms with Crippen LogP contribution >= 0.6 is 11.8 Å². The van der Waals surface area contributed by atoms with E-state index in [4.69, 9.17) is 4.98 Å². The van der Waals surface area contributed by atoms with Crippen LogP contribution in [0, 0.1) is 13.8 Å². The van der Waals surface area contributed by atoms with Crippen molar-refractivity contribution in [2.45, 2.75) is 25.5 Å². The van der Waals surface area contributed by atoms with E-state index in [0.29, 0.717) is 17.5 Å². The number of nitrogens with one attached hydrogen (secondary N) is 1. The molecule has 0 aliphatic rings. The molecule has 0 saturated heterocycles. The number of fused-ring (bicyclic) bond motifs is 1. The summed E-state index contributed by atoms with van der Waals surface area (Å²) in [5, 5.41) is 13.7. The van der Waals surface area contributed by atoms with Crippen molar-refractivity contribution in [2.24, 2.45) is 0 Å². The van der Waals surface area contributed by atoms with Gasteiger partial charge in [0.25, 0.3) is 0 Å². The maximum absolute atomic E-state index is 12.8. The Kier molecular flexibility index (Phi) is 7.14. The zero-order valence-electron chi connectivity index (χ0n) is 20.8. The largest absolute Gasteiger partial charge is 0.325 e. The Morgan fingerprint density at radius 1 is 0.973 bits per heavy atom. The maximum Gasteiger partial charge on any atom is 0.234 e. The van der Waals surface area contributed by atoms with Crippen LogP contribution in [-0.4, -0.2) is 31.4 Å². The number of amides is 1. The van der Waals surface area contributed by atoms with Crippen LogP contribution in [0.1, 0.15) is 11.1 Å². The van der Waals surface area contributed by atoms with Crippen molar-refractivity contribution in [3.8, 4) is 22.6 Å². The lowest BCUT2D eigenvalue weighted by molar-refractivity contribution is -0.113. The Morgan fingerprint density at radius 2 is 1.70 bits per heavy atom. The van der Waals surface area contributed by atoms with Gasteiger partial charge in [-0.3, -0.25) is 9.36 Å². The molecule has 37 heavy (non-hydrogen) atoms. The van der Waals surface area contributed by atoms with Gasteiger partial charge in [-0.05, 0) is 37.1 Å². The first-order chi connectivity index (χ1) is 18.0. The van der Waals surface area contributed by atoms with Crippen LogP contribution in [0.3, 0.4) is 0 Å². The summed E-state index contributed by atoms with van der Waals surface area (Å²) < 4.78 is 2.00. The Bertz CT molecular complexity index is 1570. The second-order valence-corrected chi connectivity index (χ2v) is 9.69. The zero-order chi connectivity index (χ0) is 25.8. The highest BCUT2D eigenvalue weighted by Gasteiger charge is 2.19. The number of carbonyl (C=O) groups is 1. The summed E-state index contributed by atoms with van der Waals surface area (Å²) in [5.74, 6) is 0.848. The van der Waals surface area contributed by atoms with E-state index in [9.17, 15) is 4.79 Å². The van der Waals surface area contributed by atoms with E-state index < -0.39 is 0 Å². The number of rotatable bonds is 8. The van der Waals surface area contributed by atoms with Crippen molar-refractivity contribution in [1.29, 1.82) is 0 Å². The highest BCUT2D eigenvalue weighted by Crippen LogP contribution is 2.33. The SMILES string of the molecule is C=CCn1c(SCC(=O)Nc2c(C)cccc2C)nnc1-c1cc(-c2ccccc2)nc2ccccc12. The third-order valence-electron chi connectivity index (χ3n) is 6.13. The highest BCUT2D eigenvalue weighted by atomic mass is 32.2. The van der Waals surface area contributed by atoms with Crippen molar-refractivity contribution < 1.29 is 4.79 Å². The molecule has 1 amide bonds. The van der Waals surface area contributed by atoms with Gasteiger partial charge in [-0.2, -0.15) is 0 Å². The molecule has 0 radical (unpaired) electrons.